The smallest absolute Gasteiger partial charge is 0.457 e. The van der Waals surface area contributed by atoms with Crippen molar-refractivity contribution in [1.29, 1.82) is 0 Å². The number of nitrogens with zero attached hydrogens (tertiary/aromatic N) is 6. The monoisotopic (exact) mass is 718 g/mol. The van der Waals surface area contributed by atoms with Crippen molar-refractivity contribution in [3.8, 4) is 0 Å². The van der Waals surface area contributed by atoms with Crippen LogP contribution in [0.4, 0.5) is 11.6 Å². The number of phosphoric acid groups is 2. The molecule has 2 aliphatic rings. The minimum atomic E-state index is -5.08. The summed E-state index contributed by atoms with van der Waals surface area (Å²) in [6.45, 7) is 1.97. The van der Waals surface area contributed by atoms with Crippen LogP contribution >= 0.6 is 15.6 Å². The molecular weight excluding hydrogens is 686 g/mol. The summed E-state index contributed by atoms with van der Waals surface area (Å²) in [5.41, 5.74) is 10.9. The zero-order valence-corrected chi connectivity index (χ0v) is 26.6. The Bertz CT molecular complexity index is 1800. The third-order valence-corrected chi connectivity index (χ3v) is 8.71. The first-order valence-electron chi connectivity index (χ1n) is 14.1. The fourth-order valence-corrected chi connectivity index (χ4v) is 6.33. The van der Waals surface area contributed by atoms with Crippen LogP contribution in [-0.4, -0.2) is 98.6 Å². The number of fused-ring (bicyclic) bond motifs is 1. The predicted octanol–water partition coefficient (Wildman–Crippen LogP) is -0.717. The predicted molar refractivity (Wildman–Crippen MR) is 159 cm³/mol. The minimum Gasteiger partial charge on any atom is -0.457 e. The van der Waals surface area contributed by atoms with E-state index in [0.717, 1.165) is 4.57 Å². The molecule has 3 aromatic rings. The highest BCUT2D eigenvalue weighted by molar-refractivity contribution is 7.47. The third kappa shape index (κ3) is 8.31. The summed E-state index contributed by atoms with van der Waals surface area (Å²) in [6.07, 6.45) is -4.51. The molecule has 8 atom stereocenters. The number of rotatable bonds is 14. The third-order valence-electron chi connectivity index (χ3n) is 7.21. The Labute approximate surface area is 270 Å². The molecule has 0 amide bonds. The van der Waals surface area contributed by atoms with E-state index in [9.17, 15) is 28.7 Å². The van der Waals surface area contributed by atoms with Crippen molar-refractivity contribution in [3.63, 3.8) is 0 Å². The van der Waals surface area contributed by atoms with E-state index in [1.165, 1.54) is 35.6 Å². The molecule has 24 heteroatoms. The Morgan fingerprint density at radius 1 is 1.10 bits per heavy atom. The van der Waals surface area contributed by atoms with Gasteiger partial charge in [0.2, 0.25) is 0 Å². The highest BCUT2D eigenvalue weighted by Gasteiger charge is 2.49. The summed E-state index contributed by atoms with van der Waals surface area (Å²) in [5.74, 6) is -0.758. The Hall–Kier alpha value is -3.66. The molecule has 0 bridgehead atoms. The van der Waals surface area contributed by atoms with Crippen LogP contribution in [-0.2, 0) is 41.7 Å². The topological polar surface area (TPSA) is 318 Å². The summed E-state index contributed by atoms with van der Waals surface area (Å²) >= 11 is 0. The number of carbonyl (C=O) groups excluding carboxylic acids is 1. The van der Waals surface area contributed by atoms with Gasteiger partial charge in [-0.3, -0.25) is 27.5 Å². The van der Waals surface area contributed by atoms with Crippen molar-refractivity contribution in [1.82, 2.24) is 29.1 Å². The number of hydrogen-bond donors (Lipinski definition) is 6. The summed E-state index contributed by atoms with van der Waals surface area (Å²) < 4.78 is 58.9. The number of imidazole rings is 1. The molecule has 2 aliphatic heterocycles. The van der Waals surface area contributed by atoms with Crippen LogP contribution in [0.1, 0.15) is 31.7 Å². The zero-order valence-electron chi connectivity index (χ0n) is 24.8. The van der Waals surface area contributed by atoms with Crippen molar-refractivity contribution in [2.75, 3.05) is 24.7 Å². The molecule has 5 rings (SSSR count). The van der Waals surface area contributed by atoms with Gasteiger partial charge in [0.15, 0.2) is 23.8 Å². The lowest BCUT2D eigenvalue weighted by Gasteiger charge is -2.23. The number of aliphatic hydroxyl groups is 1. The number of aromatic nitrogens is 6. The van der Waals surface area contributed by atoms with Gasteiger partial charge in [-0.1, -0.05) is 6.08 Å². The molecule has 2 saturated heterocycles. The molecule has 48 heavy (non-hydrogen) atoms. The van der Waals surface area contributed by atoms with Crippen molar-refractivity contribution in [2.45, 2.75) is 62.2 Å². The van der Waals surface area contributed by atoms with Crippen LogP contribution in [0.3, 0.4) is 0 Å². The summed E-state index contributed by atoms with van der Waals surface area (Å²) in [6, 6.07) is 1.29. The van der Waals surface area contributed by atoms with Crippen LogP contribution in [0.25, 0.3) is 11.2 Å². The SMILES string of the molecule is C=CCCC(=O)O[C@@H]1C(COP(=O)(O)O[C@H]2C[C@H](n3ccc(N)nc3=O)OC2COP(=O)(O)O)O[C@@H](n2cnc3c(N)ncnc32)[C@@H]1O. The second-order valence-corrected chi connectivity index (χ2v) is 13.2. The average molecular weight is 719 g/mol. The normalized spacial score (nSPS) is 27.2. The quantitative estimate of drug-likeness (QED) is 0.0680. The van der Waals surface area contributed by atoms with E-state index in [1.807, 2.05) is 0 Å². The van der Waals surface area contributed by atoms with Gasteiger partial charge in [-0.05, 0) is 12.5 Å². The Morgan fingerprint density at radius 2 is 1.85 bits per heavy atom. The highest BCUT2D eigenvalue weighted by Crippen LogP contribution is 2.50. The average Bonchev–Trinajstić information content (AvgIpc) is 3.70. The van der Waals surface area contributed by atoms with Crippen molar-refractivity contribution >= 4 is 44.4 Å². The summed E-state index contributed by atoms with van der Waals surface area (Å²) in [4.78, 5) is 69.6. The lowest BCUT2D eigenvalue weighted by Crippen LogP contribution is -2.38. The highest BCUT2D eigenvalue weighted by atomic mass is 31.2. The van der Waals surface area contributed by atoms with E-state index in [4.69, 9.17) is 44.5 Å². The van der Waals surface area contributed by atoms with Gasteiger partial charge in [0, 0.05) is 19.0 Å². The number of nitrogen functional groups attached to an aromatic ring is 2. The van der Waals surface area contributed by atoms with Crippen LogP contribution < -0.4 is 17.2 Å². The number of aliphatic hydroxyl groups excluding tert-OH is 1. The van der Waals surface area contributed by atoms with Crippen molar-refractivity contribution in [3.05, 3.63) is 48.1 Å². The number of phosphoric ester groups is 2. The van der Waals surface area contributed by atoms with Crippen LogP contribution in [0.2, 0.25) is 0 Å². The fourth-order valence-electron chi connectivity index (χ4n) is 5.03. The molecule has 0 radical (unpaired) electrons. The number of anilines is 2. The molecule has 0 saturated carbocycles. The van der Waals surface area contributed by atoms with Gasteiger partial charge in [-0.25, -0.2) is 28.9 Å². The van der Waals surface area contributed by atoms with E-state index < -0.39 is 83.5 Å². The van der Waals surface area contributed by atoms with Gasteiger partial charge in [0.05, 0.1) is 19.5 Å². The number of ether oxygens (including phenoxy) is 3. The lowest BCUT2D eigenvalue weighted by molar-refractivity contribution is -0.156. The van der Waals surface area contributed by atoms with Crippen LogP contribution in [0.5, 0.6) is 0 Å². The van der Waals surface area contributed by atoms with E-state index in [1.54, 1.807) is 0 Å². The van der Waals surface area contributed by atoms with Crippen LogP contribution in [0.15, 0.2) is 42.4 Å². The molecule has 5 heterocycles. The molecular formula is C24H32N8O14P2. The van der Waals surface area contributed by atoms with Crippen molar-refractivity contribution in [2.24, 2.45) is 0 Å². The second-order valence-electron chi connectivity index (χ2n) is 10.5. The first-order chi connectivity index (χ1) is 22.7. The minimum absolute atomic E-state index is 0.0528. The summed E-state index contributed by atoms with van der Waals surface area (Å²) in [7, 11) is -10.1. The van der Waals surface area contributed by atoms with Gasteiger partial charge in [0.1, 0.15) is 48.3 Å². The molecule has 3 aromatic heterocycles. The largest absolute Gasteiger partial charge is 0.472 e. The van der Waals surface area contributed by atoms with E-state index in [2.05, 4.69) is 31.0 Å². The van der Waals surface area contributed by atoms with Crippen molar-refractivity contribution < 1.29 is 61.5 Å². The maximum absolute atomic E-state index is 13.2. The molecule has 0 spiro atoms. The molecule has 2 fully saturated rings. The van der Waals surface area contributed by atoms with Gasteiger partial charge < -0.3 is 45.5 Å². The molecule has 262 valence electrons. The number of hydrogen-bond acceptors (Lipinski definition) is 17. The number of allylic oxidation sites excluding steroid dienone is 1. The van der Waals surface area contributed by atoms with E-state index in [0.29, 0.717) is 0 Å². The Morgan fingerprint density at radius 3 is 2.56 bits per heavy atom. The molecule has 3 unspecified atom stereocenters. The molecule has 8 N–H and O–H groups in total. The standard InChI is InChI=1S/C24H32N8O14P2/c1-2-3-4-17(33)45-20-14(44-23(19(20)34)32-11-29-18-21(26)27-10-28-22(18)32)9-42-48(39,40)46-12-7-16(31-6-5-15(25)30-24(31)35)43-13(12)8-41-47(36,37)38/h2,5-6,10-14,16,19-20,23,34H,1,3-4,7-9H2,(H,39,40)(H2,25,30,35)(H2,26,27,28)(H2,36,37,38)/t12-,13?,14?,16+,19+,20+,23+/m0/s1. The Balaban J connectivity index is 1.33. The maximum Gasteiger partial charge on any atom is 0.472 e. The van der Waals surface area contributed by atoms with Gasteiger partial charge in [0.25, 0.3) is 0 Å². The van der Waals surface area contributed by atoms with Gasteiger partial charge in [-0.15, -0.1) is 6.58 Å². The van der Waals surface area contributed by atoms with E-state index in [-0.39, 0.29) is 42.1 Å². The number of nitrogens with two attached hydrogens (primary N) is 2. The Kier molecular flexibility index (Phi) is 10.7. The number of esters is 1. The molecule has 22 nitrogen and oxygen atoms in total. The van der Waals surface area contributed by atoms with Crippen LogP contribution in [0, 0.1) is 0 Å². The summed E-state index contributed by atoms with van der Waals surface area (Å²) in [5, 5.41) is 11.2. The van der Waals surface area contributed by atoms with Gasteiger partial charge >= 0.3 is 27.3 Å². The first kappa shape index (κ1) is 35.6. The second kappa shape index (κ2) is 14.4. The van der Waals surface area contributed by atoms with Gasteiger partial charge in [-0.2, -0.15) is 4.98 Å². The maximum atomic E-state index is 13.2. The molecule has 0 aliphatic carbocycles. The molecule has 0 aromatic carbocycles. The lowest BCUT2D eigenvalue weighted by atomic mass is 10.1. The number of carbonyl (C=O) groups is 1. The van der Waals surface area contributed by atoms with E-state index >= 15 is 0 Å². The fraction of sp³-hybridized carbons (Fsp3) is 0.500. The first-order valence-corrected chi connectivity index (χ1v) is 17.1. The zero-order chi connectivity index (χ0) is 34.8.